The summed E-state index contributed by atoms with van der Waals surface area (Å²) >= 11 is 1.60. The maximum Gasteiger partial charge on any atom is 0.214 e. The number of hydrogen-bond acceptors (Lipinski definition) is 6. The molecular weight excluding hydrogens is 334 g/mol. The number of imidazole rings is 1. The van der Waals surface area contributed by atoms with Crippen LogP contribution in [-0.4, -0.2) is 48.5 Å². The second-order valence-electron chi connectivity index (χ2n) is 6.64. The van der Waals surface area contributed by atoms with Gasteiger partial charge in [0.15, 0.2) is 0 Å². The molecule has 1 aromatic carbocycles. The highest BCUT2D eigenvalue weighted by Gasteiger charge is 2.15. The highest BCUT2D eigenvalue weighted by molar-refractivity contribution is 7.20. The van der Waals surface area contributed by atoms with Crippen molar-refractivity contribution in [3.05, 3.63) is 30.5 Å². The largest absolute Gasteiger partial charge is 0.381 e. The van der Waals surface area contributed by atoms with E-state index in [4.69, 9.17) is 9.72 Å². The Morgan fingerprint density at radius 3 is 2.92 bits per heavy atom. The molecule has 0 atom stereocenters. The van der Waals surface area contributed by atoms with Gasteiger partial charge in [-0.1, -0.05) is 23.5 Å². The van der Waals surface area contributed by atoms with Crippen molar-refractivity contribution in [2.24, 2.45) is 5.92 Å². The molecule has 132 valence electrons. The highest BCUT2D eigenvalue weighted by atomic mass is 32.1. The molecule has 1 saturated heterocycles. The molecule has 1 aliphatic heterocycles. The van der Waals surface area contributed by atoms with E-state index < -0.39 is 0 Å². The summed E-state index contributed by atoms with van der Waals surface area (Å²) in [6.07, 6.45) is 4.25. The zero-order valence-electron chi connectivity index (χ0n) is 14.6. The van der Waals surface area contributed by atoms with E-state index >= 15 is 0 Å². The van der Waals surface area contributed by atoms with Gasteiger partial charge in [-0.2, -0.15) is 0 Å². The summed E-state index contributed by atoms with van der Waals surface area (Å²) in [4.78, 5) is 7.75. The van der Waals surface area contributed by atoms with Gasteiger partial charge in [0.2, 0.25) is 10.1 Å². The summed E-state index contributed by atoms with van der Waals surface area (Å²) in [5.41, 5.74) is 3.24. The summed E-state index contributed by atoms with van der Waals surface area (Å²) in [6, 6.07) is 8.39. The number of aromatic nitrogens is 3. The third kappa shape index (κ3) is 3.62. The molecule has 1 fully saturated rings. The molecule has 0 aliphatic carbocycles. The third-order valence-corrected chi connectivity index (χ3v) is 5.46. The lowest BCUT2D eigenvalue weighted by Crippen LogP contribution is -2.22. The average molecular weight is 357 g/mol. The average Bonchev–Trinajstić information content (AvgIpc) is 3.19. The zero-order valence-corrected chi connectivity index (χ0v) is 15.4. The Morgan fingerprint density at radius 2 is 2.16 bits per heavy atom. The predicted octanol–water partition coefficient (Wildman–Crippen LogP) is 3.36. The van der Waals surface area contributed by atoms with Crippen LogP contribution in [0.15, 0.2) is 30.5 Å². The fourth-order valence-corrected chi connectivity index (χ4v) is 3.82. The van der Waals surface area contributed by atoms with Crippen molar-refractivity contribution in [2.75, 3.05) is 44.1 Å². The van der Waals surface area contributed by atoms with Gasteiger partial charge >= 0.3 is 0 Å². The molecule has 6 nitrogen and oxygen atoms in total. The fourth-order valence-electron chi connectivity index (χ4n) is 3.04. The van der Waals surface area contributed by atoms with Crippen LogP contribution in [0.5, 0.6) is 0 Å². The number of benzene rings is 1. The molecular formula is C18H23N5OS. The first-order valence-electron chi connectivity index (χ1n) is 8.64. The highest BCUT2D eigenvalue weighted by Crippen LogP contribution is 2.27. The van der Waals surface area contributed by atoms with Crippen LogP contribution < -0.4 is 10.2 Å². The van der Waals surface area contributed by atoms with Gasteiger partial charge in [-0.25, -0.2) is 9.50 Å². The van der Waals surface area contributed by atoms with Gasteiger partial charge in [0.25, 0.3) is 0 Å². The smallest absolute Gasteiger partial charge is 0.214 e. The minimum absolute atomic E-state index is 0.675. The maximum absolute atomic E-state index is 5.41. The van der Waals surface area contributed by atoms with Gasteiger partial charge in [-0.05, 0) is 30.9 Å². The number of anilines is 2. The Labute approximate surface area is 151 Å². The summed E-state index contributed by atoms with van der Waals surface area (Å²) < 4.78 is 7.28. The molecule has 0 spiro atoms. The van der Waals surface area contributed by atoms with E-state index in [1.807, 2.05) is 24.8 Å². The summed E-state index contributed by atoms with van der Waals surface area (Å²) in [5, 5.41) is 9.01. The Morgan fingerprint density at radius 1 is 1.32 bits per heavy atom. The standard InChI is InChI=1S/C18H23N5OS/c1-22(2)15-5-3-4-14(10-15)16-12-23-18(20-16)25-17(21-23)19-11-13-6-8-24-9-7-13/h3-5,10,12-13H,6-9,11H2,1-2H3,(H,19,21). The normalized spacial score (nSPS) is 15.6. The van der Waals surface area contributed by atoms with Crippen LogP contribution in [0.2, 0.25) is 0 Å². The minimum Gasteiger partial charge on any atom is -0.381 e. The van der Waals surface area contributed by atoms with E-state index in [1.165, 1.54) is 5.69 Å². The van der Waals surface area contributed by atoms with Crippen LogP contribution in [0.3, 0.4) is 0 Å². The first-order valence-corrected chi connectivity index (χ1v) is 9.46. The number of nitrogens with one attached hydrogen (secondary N) is 1. The van der Waals surface area contributed by atoms with Gasteiger partial charge in [-0.3, -0.25) is 0 Å². The number of hydrogen-bond donors (Lipinski definition) is 1. The van der Waals surface area contributed by atoms with Crippen molar-refractivity contribution < 1.29 is 4.74 Å². The van der Waals surface area contributed by atoms with Gasteiger partial charge in [0.1, 0.15) is 0 Å². The molecule has 0 amide bonds. The molecule has 0 bridgehead atoms. The van der Waals surface area contributed by atoms with E-state index in [-0.39, 0.29) is 0 Å². The number of fused-ring (bicyclic) bond motifs is 1. The predicted molar refractivity (Wildman–Crippen MR) is 103 cm³/mol. The van der Waals surface area contributed by atoms with Crippen LogP contribution in [0.25, 0.3) is 16.2 Å². The second kappa shape index (κ2) is 7.01. The van der Waals surface area contributed by atoms with Crippen LogP contribution in [0.1, 0.15) is 12.8 Å². The third-order valence-electron chi connectivity index (χ3n) is 4.58. The molecule has 1 N–H and O–H groups in total. The first-order chi connectivity index (χ1) is 12.2. The lowest BCUT2D eigenvalue weighted by Gasteiger charge is -2.21. The van der Waals surface area contributed by atoms with Gasteiger partial charge in [0, 0.05) is 45.1 Å². The summed E-state index contributed by atoms with van der Waals surface area (Å²) in [7, 11) is 4.09. The monoisotopic (exact) mass is 357 g/mol. The zero-order chi connectivity index (χ0) is 17.2. The second-order valence-corrected chi connectivity index (χ2v) is 7.60. The molecule has 2 aromatic heterocycles. The molecule has 1 aliphatic rings. The van der Waals surface area contributed by atoms with Crippen LogP contribution in [0, 0.1) is 5.92 Å². The van der Waals surface area contributed by atoms with Crippen molar-refractivity contribution in [3.8, 4) is 11.3 Å². The van der Waals surface area contributed by atoms with Crippen molar-refractivity contribution in [2.45, 2.75) is 12.8 Å². The van der Waals surface area contributed by atoms with Crippen LogP contribution in [-0.2, 0) is 4.74 Å². The van der Waals surface area contributed by atoms with Crippen molar-refractivity contribution in [3.63, 3.8) is 0 Å². The van der Waals surface area contributed by atoms with E-state index in [2.05, 4.69) is 39.6 Å². The van der Waals surface area contributed by atoms with E-state index in [1.54, 1.807) is 11.3 Å². The minimum atomic E-state index is 0.675. The van der Waals surface area contributed by atoms with Crippen LogP contribution in [0.4, 0.5) is 10.8 Å². The SMILES string of the molecule is CN(C)c1cccc(-c2cn3nc(NCC4CCOCC4)sc3n2)c1. The molecule has 0 radical (unpaired) electrons. The van der Waals surface area contributed by atoms with Crippen molar-refractivity contribution in [1.82, 2.24) is 14.6 Å². The van der Waals surface area contributed by atoms with Gasteiger partial charge in [-0.15, -0.1) is 5.10 Å². The molecule has 4 rings (SSSR count). The van der Waals surface area contributed by atoms with E-state index in [9.17, 15) is 0 Å². The maximum atomic E-state index is 5.41. The molecule has 3 aromatic rings. The van der Waals surface area contributed by atoms with E-state index in [0.29, 0.717) is 5.92 Å². The summed E-state index contributed by atoms with van der Waals surface area (Å²) in [6.45, 7) is 2.71. The Hall–Kier alpha value is -2.12. The van der Waals surface area contributed by atoms with E-state index in [0.717, 1.165) is 53.9 Å². The van der Waals surface area contributed by atoms with Crippen molar-refractivity contribution in [1.29, 1.82) is 0 Å². The molecule has 7 heteroatoms. The molecule has 0 unspecified atom stereocenters. The molecule has 25 heavy (non-hydrogen) atoms. The Bertz CT molecular complexity index is 819. The van der Waals surface area contributed by atoms with Gasteiger partial charge < -0.3 is 15.0 Å². The topological polar surface area (TPSA) is 54.7 Å². The Kier molecular flexibility index (Phi) is 4.59. The lowest BCUT2D eigenvalue weighted by molar-refractivity contribution is 0.0699. The first kappa shape index (κ1) is 16.4. The molecule has 0 saturated carbocycles. The number of rotatable bonds is 5. The number of ether oxygens (including phenoxy) is 1. The van der Waals surface area contributed by atoms with Crippen LogP contribution >= 0.6 is 11.3 Å². The van der Waals surface area contributed by atoms with Gasteiger partial charge in [0.05, 0.1) is 11.9 Å². The fraction of sp³-hybridized carbons (Fsp3) is 0.444. The Balaban J connectivity index is 1.48. The number of nitrogens with zero attached hydrogens (tertiary/aromatic N) is 4. The lowest BCUT2D eigenvalue weighted by atomic mass is 10.0. The van der Waals surface area contributed by atoms with Crippen molar-refractivity contribution >= 4 is 27.1 Å². The quantitative estimate of drug-likeness (QED) is 0.759. The summed E-state index contributed by atoms with van der Waals surface area (Å²) in [5.74, 6) is 0.675. The molecule has 3 heterocycles.